The normalized spacial score (nSPS) is 12.6. The zero-order valence-electron chi connectivity index (χ0n) is 20.1. The molecule has 4 nitrogen and oxygen atoms in total. The zero-order chi connectivity index (χ0) is 26.2. The minimum absolute atomic E-state index is 0.0456. The van der Waals surface area contributed by atoms with Crippen LogP contribution in [0.25, 0.3) is 0 Å². The number of benzene rings is 3. The number of carbonyl (C=O) groups excluding carboxylic acids is 2. The minimum Gasteiger partial charge on any atom is -0.352 e. The van der Waals surface area contributed by atoms with E-state index < -0.39 is 6.04 Å². The Balaban J connectivity index is 2.03. The molecule has 0 aliphatic heterocycles. The fourth-order valence-corrected chi connectivity index (χ4v) is 4.64. The van der Waals surface area contributed by atoms with Gasteiger partial charge in [-0.1, -0.05) is 95.8 Å². The van der Waals surface area contributed by atoms with Gasteiger partial charge in [0, 0.05) is 29.1 Å². The maximum atomic E-state index is 13.8. The van der Waals surface area contributed by atoms with E-state index in [2.05, 4.69) is 5.32 Å². The second-order valence-electron chi connectivity index (χ2n) is 8.67. The monoisotopic (exact) mass is 564 g/mol. The summed E-state index contributed by atoms with van der Waals surface area (Å²) in [7, 11) is 0. The Labute approximate surface area is 232 Å². The molecule has 3 aromatic rings. The Morgan fingerprint density at radius 1 is 0.833 bits per heavy atom. The molecular formula is C28H28Cl4N2O2. The number of carbonyl (C=O) groups is 2. The van der Waals surface area contributed by atoms with E-state index in [0.717, 1.165) is 17.5 Å². The summed E-state index contributed by atoms with van der Waals surface area (Å²) in [4.78, 5) is 29.0. The van der Waals surface area contributed by atoms with Crippen molar-refractivity contribution in [3.8, 4) is 0 Å². The summed E-state index contributed by atoms with van der Waals surface area (Å²) < 4.78 is 0. The molecule has 0 heterocycles. The van der Waals surface area contributed by atoms with Gasteiger partial charge in [-0.15, -0.1) is 0 Å². The van der Waals surface area contributed by atoms with E-state index in [1.54, 1.807) is 41.3 Å². The second-order valence-corrected chi connectivity index (χ2v) is 10.3. The highest BCUT2D eigenvalue weighted by Gasteiger charge is 2.31. The fraction of sp³-hybridized carbons (Fsp3) is 0.286. The van der Waals surface area contributed by atoms with Crippen LogP contribution in [-0.2, 0) is 29.0 Å². The number of nitrogens with zero attached hydrogens (tertiary/aromatic N) is 1. The molecule has 0 aliphatic rings. The van der Waals surface area contributed by atoms with Crippen LogP contribution in [0.3, 0.4) is 0 Å². The first-order valence-corrected chi connectivity index (χ1v) is 13.2. The van der Waals surface area contributed by atoms with Crippen molar-refractivity contribution >= 4 is 58.2 Å². The first-order chi connectivity index (χ1) is 17.2. The maximum absolute atomic E-state index is 13.8. The average Bonchev–Trinajstić information content (AvgIpc) is 2.86. The van der Waals surface area contributed by atoms with Gasteiger partial charge in [0.05, 0.1) is 16.5 Å². The molecule has 0 unspecified atom stereocenters. The summed E-state index contributed by atoms with van der Waals surface area (Å²) in [6.07, 6.45) is 1.05. The summed E-state index contributed by atoms with van der Waals surface area (Å²) in [5, 5.41) is 4.63. The lowest BCUT2D eigenvalue weighted by Gasteiger charge is -2.32. The van der Waals surface area contributed by atoms with Gasteiger partial charge in [0.2, 0.25) is 11.8 Å². The van der Waals surface area contributed by atoms with Gasteiger partial charge in [-0.2, -0.15) is 0 Å². The molecule has 0 saturated carbocycles. The number of halogens is 4. The Morgan fingerprint density at radius 2 is 1.50 bits per heavy atom. The van der Waals surface area contributed by atoms with Crippen LogP contribution in [0.15, 0.2) is 66.7 Å². The molecule has 0 spiro atoms. The summed E-state index contributed by atoms with van der Waals surface area (Å²) in [6.45, 7) is 4.09. The van der Waals surface area contributed by atoms with Crippen LogP contribution in [-0.4, -0.2) is 28.8 Å². The number of hydrogen-bond donors (Lipinski definition) is 1. The van der Waals surface area contributed by atoms with Gasteiger partial charge >= 0.3 is 0 Å². The van der Waals surface area contributed by atoms with Crippen molar-refractivity contribution in [3.05, 3.63) is 104 Å². The van der Waals surface area contributed by atoms with Gasteiger partial charge in [0.1, 0.15) is 6.04 Å². The lowest BCUT2D eigenvalue weighted by Crippen LogP contribution is -2.52. The Bertz CT molecular complexity index is 1180. The zero-order valence-corrected chi connectivity index (χ0v) is 23.1. The van der Waals surface area contributed by atoms with Crippen LogP contribution in [0.5, 0.6) is 0 Å². The number of amides is 2. The second kappa shape index (κ2) is 13.3. The van der Waals surface area contributed by atoms with E-state index >= 15 is 0 Å². The van der Waals surface area contributed by atoms with Crippen LogP contribution in [0.4, 0.5) is 0 Å². The molecule has 2 amide bonds. The number of hydrogen-bond acceptors (Lipinski definition) is 2. The highest BCUT2D eigenvalue weighted by molar-refractivity contribution is 6.42. The standard InChI is InChI=1S/C28H28Cl4N2O2/c1-3-18(2)33-28(36)26(15-19-8-5-4-6-9-19)34(17-20-12-13-24(31)25(32)14-20)27(35)16-21-22(29)10-7-11-23(21)30/h4-14,18,26H,3,15-17H2,1-2H3,(H,33,36)/t18-,26+/m0/s1. The molecule has 36 heavy (non-hydrogen) atoms. The van der Waals surface area contributed by atoms with Crippen molar-refractivity contribution in [3.63, 3.8) is 0 Å². The molecule has 2 atom stereocenters. The van der Waals surface area contributed by atoms with Gasteiger partial charge in [-0.25, -0.2) is 0 Å². The SMILES string of the molecule is CC[C@H](C)NC(=O)[C@@H](Cc1ccccc1)N(Cc1ccc(Cl)c(Cl)c1)C(=O)Cc1c(Cl)cccc1Cl. The van der Waals surface area contributed by atoms with E-state index in [4.69, 9.17) is 46.4 Å². The lowest BCUT2D eigenvalue weighted by molar-refractivity contribution is -0.141. The molecule has 0 fully saturated rings. The lowest BCUT2D eigenvalue weighted by atomic mass is 10.0. The molecule has 3 aromatic carbocycles. The third kappa shape index (κ3) is 7.63. The molecular weight excluding hydrogens is 538 g/mol. The van der Waals surface area contributed by atoms with Gasteiger partial charge in [0.25, 0.3) is 0 Å². The fourth-order valence-electron chi connectivity index (χ4n) is 3.78. The van der Waals surface area contributed by atoms with Crippen molar-refractivity contribution in [1.82, 2.24) is 10.2 Å². The molecule has 0 aromatic heterocycles. The van der Waals surface area contributed by atoms with E-state index in [0.29, 0.717) is 32.1 Å². The molecule has 190 valence electrons. The molecule has 0 saturated heterocycles. The third-order valence-electron chi connectivity index (χ3n) is 6.00. The van der Waals surface area contributed by atoms with Gasteiger partial charge in [-0.3, -0.25) is 9.59 Å². The van der Waals surface area contributed by atoms with E-state index in [1.807, 2.05) is 44.2 Å². The van der Waals surface area contributed by atoms with Crippen LogP contribution < -0.4 is 5.32 Å². The summed E-state index contributed by atoms with van der Waals surface area (Å²) >= 11 is 25.1. The topological polar surface area (TPSA) is 49.4 Å². The van der Waals surface area contributed by atoms with Crippen LogP contribution >= 0.6 is 46.4 Å². The van der Waals surface area contributed by atoms with Crippen molar-refractivity contribution < 1.29 is 9.59 Å². The number of nitrogens with one attached hydrogen (secondary N) is 1. The molecule has 3 rings (SSSR count). The average molecular weight is 566 g/mol. The van der Waals surface area contributed by atoms with Crippen molar-refractivity contribution in [1.29, 1.82) is 0 Å². The molecule has 0 radical (unpaired) electrons. The van der Waals surface area contributed by atoms with Crippen LogP contribution in [0.1, 0.15) is 37.0 Å². The first-order valence-electron chi connectivity index (χ1n) is 11.7. The minimum atomic E-state index is -0.774. The quantitative estimate of drug-likeness (QED) is 0.278. The molecule has 0 bridgehead atoms. The molecule has 8 heteroatoms. The largest absolute Gasteiger partial charge is 0.352 e. The van der Waals surface area contributed by atoms with Crippen LogP contribution in [0, 0.1) is 0 Å². The van der Waals surface area contributed by atoms with Crippen molar-refractivity contribution in [2.24, 2.45) is 0 Å². The predicted molar refractivity (Wildman–Crippen MR) is 149 cm³/mol. The third-order valence-corrected chi connectivity index (χ3v) is 7.45. The van der Waals surface area contributed by atoms with E-state index in [1.165, 1.54) is 0 Å². The Morgan fingerprint density at radius 3 is 2.11 bits per heavy atom. The maximum Gasteiger partial charge on any atom is 0.243 e. The number of rotatable bonds is 10. The molecule has 1 N–H and O–H groups in total. The van der Waals surface area contributed by atoms with Gasteiger partial charge in [0.15, 0.2) is 0 Å². The molecule has 0 aliphatic carbocycles. The highest BCUT2D eigenvalue weighted by atomic mass is 35.5. The Kier molecular flexibility index (Phi) is 10.5. The van der Waals surface area contributed by atoms with Crippen molar-refractivity contribution in [2.75, 3.05) is 0 Å². The highest BCUT2D eigenvalue weighted by Crippen LogP contribution is 2.28. The van der Waals surface area contributed by atoms with E-state index in [-0.39, 0.29) is 30.8 Å². The predicted octanol–water partition coefficient (Wildman–Crippen LogP) is 7.40. The van der Waals surface area contributed by atoms with Crippen molar-refractivity contribution in [2.45, 2.75) is 51.7 Å². The smallest absolute Gasteiger partial charge is 0.243 e. The summed E-state index contributed by atoms with van der Waals surface area (Å²) in [6, 6.07) is 19.1. The summed E-state index contributed by atoms with van der Waals surface area (Å²) in [5.41, 5.74) is 2.20. The Hall–Kier alpha value is -2.24. The van der Waals surface area contributed by atoms with Gasteiger partial charge < -0.3 is 10.2 Å². The summed E-state index contributed by atoms with van der Waals surface area (Å²) in [5.74, 6) is -0.511. The first kappa shape index (κ1) is 28.3. The van der Waals surface area contributed by atoms with E-state index in [9.17, 15) is 9.59 Å². The van der Waals surface area contributed by atoms with Crippen LogP contribution in [0.2, 0.25) is 20.1 Å². The van der Waals surface area contributed by atoms with Gasteiger partial charge in [-0.05, 0) is 54.3 Å².